The first kappa shape index (κ1) is 30.4. The number of benzene rings is 2. The molecule has 1 aliphatic heterocycles. The third-order valence-corrected chi connectivity index (χ3v) is 5.77. The lowest BCUT2D eigenvalue weighted by atomic mass is 9.92. The maximum absolute atomic E-state index is 12.9. The van der Waals surface area contributed by atoms with Gasteiger partial charge in [-0.2, -0.15) is 15.5 Å². The molecule has 39 heavy (non-hydrogen) atoms. The normalized spacial score (nSPS) is 14.3. The lowest BCUT2D eigenvalue weighted by Gasteiger charge is -2.28. The van der Waals surface area contributed by atoms with Crippen LogP contribution in [0.2, 0.25) is 0 Å². The van der Waals surface area contributed by atoms with Crippen LogP contribution in [0.25, 0.3) is 11.3 Å². The molecule has 0 bridgehead atoms. The van der Waals surface area contributed by atoms with Gasteiger partial charge in [0, 0.05) is 17.0 Å². The number of aromatic amines is 1. The summed E-state index contributed by atoms with van der Waals surface area (Å²) >= 11 is 0. The summed E-state index contributed by atoms with van der Waals surface area (Å²) in [5.74, 6) is -0.708. The van der Waals surface area contributed by atoms with Gasteiger partial charge in [0.05, 0.1) is 28.9 Å². The van der Waals surface area contributed by atoms with Crippen molar-refractivity contribution >= 4 is 6.03 Å². The Morgan fingerprint density at radius 3 is 1.92 bits per heavy atom. The third-order valence-electron chi connectivity index (χ3n) is 5.77. The zero-order valence-electron chi connectivity index (χ0n) is 21.3. The molecule has 3 N–H and O–H groups in total. The maximum atomic E-state index is 12.9. The molecule has 2 heterocycles. The summed E-state index contributed by atoms with van der Waals surface area (Å²) in [5, 5.41) is 23.9. The van der Waals surface area contributed by atoms with Crippen LogP contribution in [0.5, 0.6) is 0 Å². The summed E-state index contributed by atoms with van der Waals surface area (Å²) in [7, 11) is 0. The van der Waals surface area contributed by atoms with E-state index in [9.17, 15) is 28.9 Å². The fourth-order valence-electron chi connectivity index (χ4n) is 3.92. The molecule has 0 fully saturated rings. The Balaban J connectivity index is 0.000000267. The fourth-order valence-corrected chi connectivity index (χ4v) is 3.92. The van der Waals surface area contributed by atoms with Crippen LogP contribution in [0.15, 0.2) is 64.6 Å². The number of H-pyrrole nitrogens is 1. The van der Waals surface area contributed by atoms with E-state index in [4.69, 9.17) is 0 Å². The number of nitriles is 2. The molecule has 1 atom stereocenters. The predicted octanol–water partition coefficient (Wildman–Crippen LogP) is 5.82. The van der Waals surface area contributed by atoms with Gasteiger partial charge in [-0.25, -0.2) is 18.4 Å². The minimum Gasteiger partial charge on any atom is -0.326 e. The molecular formula is C29H30F2N6O2. The smallest absolute Gasteiger partial charge is 0.326 e. The number of carbonyl (C=O) groups is 1. The molecule has 0 spiro atoms. The first-order valence-corrected chi connectivity index (χ1v) is 11.8. The molecule has 4 rings (SSSR count). The van der Waals surface area contributed by atoms with Gasteiger partial charge in [0.2, 0.25) is 0 Å². The van der Waals surface area contributed by atoms with Crippen LogP contribution in [0.3, 0.4) is 0 Å². The Morgan fingerprint density at radius 1 is 0.872 bits per heavy atom. The minimum atomic E-state index is -0.531. The van der Waals surface area contributed by atoms with Crippen molar-refractivity contribution in [3.8, 4) is 23.4 Å². The van der Waals surface area contributed by atoms with Crippen LogP contribution in [0.4, 0.5) is 13.6 Å². The SMILES string of the molecule is C.CC(C)C1=C(C#N)C(c2ccc(F)cc2)NC(=O)N1.CC(C)c1[nH]c(=O)nc(-c2ccc(F)cc2)c1C#N. The van der Waals surface area contributed by atoms with Crippen molar-refractivity contribution in [2.24, 2.45) is 5.92 Å². The number of aromatic nitrogens is 2. The highest BCUT2D eigenvalue weighted by Crippen LogP contribution is 2.29. The van der Waals surface area contributed by atoms with Crippen LogP contribution >= 0.6 is 0 Å². The van der Waals surface area contributed by atoms with Gasteiger partial charge in [-0.3, -0.25) is 0 Å². The topological polar surface area (TPSA) is 134 Å². The maximum Gasteiger partial charge on any atom is 0.345 e. The van der Waals surface area contributed by atoms with Crippen molar-refractivity contribution in [2.45, 2.75) is 47.1 Å². The quantitative estimate of drug-likeness (QED) is 0.389. The molecule has 8 nitrogen and oxygen atoms in total. The zero-order valence-corrected chi connectivity index (χ0v) is 21.3. The van der Waals surface area contributed by atoms with Crippen molar-refractivity contribution < 1.29 is 13.6 Å². The van der Waals surface area contributed by atoms with E-state index < -0.39 is 11.7 Å². The van der Waals surface area contributed by atoms with E-state index in [1.54, 1.807) is 12.1 Å². The molecule has 3 aromatic rings. The van der Waals surface area contributed by atoms with E-state index in [0.717, 1.165) is 0 Å². The Kier molecular flexibility index (Phi) is 10.2. The number of nitrogens with one attached hydrogen (secondary N) is 3. The number of halogens is 2. The van der Waals surface area contributed by atoms with E-state index in [1.807, 2.05) is 27.7 Å². The van der Waals surface area contributed by atoms with Gasteiger partial charge >= 0.3 is 11.7 Å². The fraction of sp³-hybridized carbons (Fsp3) is 0.276. The molecule has 1 aromatic heterocycles. The van der Waals surface area contributed by atoms with E-state index in [0.29, 0.717) is 33.7 Å². The van der Waals surface area contributed by atoms with Crippen molar-refractivity contribution in [3.05, 3.63) is 98.7 Å². The number of hydrogen-bond acceptors (Lipinski definition) is 5. The molecule has 202 valence electrons. The molecule has 1 unspecified atom stereocenters. The number of rotatable bonds is 4. The lowest BCUT2D eigenvalue weighted by Crippen LogP contribution is -2.45. The number of carbonyl (C=O) groups excluding carboxylic acids is 1. The average molecular weight is 533 g/mol. The van der Waals surface area contributed by atoms with Crippen molar-refractivity contribution in [2.75, 3.05) is 0 Å². The highest BCUT2D eigenvalue weighted by Gasteiger charge is 2.29. The number of amides is 2. The summed E-state index contributed by atoms with van der Waals surface area (Å²) < 4.78 is 25.9. The summed E-state index contributed by atoms with van der Waals surface area (Å²) in [5.41, 5.74) is 2.94. The van der Waals surface area contributed by atoms with Gasteiger partial charge in [0.25, 0.3) is 0 Å². The first-order valence-electron chi connectivity index (χ1n) is 11.8. The van der Waals surface area contributed by atoms with E-state index >= 15 is 0 Å². The molecule has 0 saturated carbocycles. The van der Waals surface area contributed by atoms with E-state index in [1.165, 1.54) is 36.4 Å². The summed E-state index contributed by atoms with van der Waals surface area (Å²) in [4.78, 5) is 29.6. The standard InChI is InChI=1S/C14H14FN3O.C14H12FN3O.CH4/c2*1-8(2)12-11(7-16)13(18-14(19)17-12)9-3-5-10(15)6-4-9;/h3-6,8,13H,1-2H3,(H2,17,18,19);3-6,8H,1-2H3,(H,17,18,19);1H4. The van der Waals surface area contributed by atoms with Gasteiger partial charge in [0.1, 0.15) is 17.7 Å². The van der Waals surface area contributed by atoms with Crippen LogP contribution < -0.4 is 16.3 Å². The van der Waals surface area contributed by atoms with Gasteiger partial charge in [-0.1, -0.05) is 47.3 Å². The Bertz CT molecular complexity index is 1500. The summed E-state index contributed by atoms with van der Waals surface area (Å²) in [6.45, 7) is 7.56. The van der Waals surface area contributed by atoms with Gasteiger partial charge < -0.3 is 15.6 Å². The number of allylic oxidation sites excluding steroid dienone is 1. The van der Waals surface area contributed by atoms with E-state index in [-0.39, 0.29) is 42.6 Å². The molecule has 2 aromatic carbocycles. The largest absolute Gasteiger partial charge is 0.345 e. The van der Waals surface area contributed by atoms with Gasteiger partial charge in [-0.15, -0.1) is 0 Å². The third kappa shape index (κ3) is 7.14. The molecule has 0 saturated heterocycles. The second-order valence-electron chi connectivity index (χ2n) is 9.13. The minimum absolute atomic E-state index is 0. The zero-order chi connectivity index (χ0) is 28.0. The van der Waals surface area contributed by atoms with Gasteiger partial charge in [-0.05, 0) is 53.8 Å². The molecule has 1 aliphatic rings. The molecule has 2 amide bonds. The van der Waals surface area contributed by atoms with Gasteiger partial charge in [0.15, 0.2) is 0 Å². The van der Waals surface area contributed by atoms with E-state index in [2.05, 4.69) is 32.7 Å². The highest BCUT2D eigenvalue weighted by molar-refractivity contribution is 5.79. The van der Waals surface area contributed by atoms with Crippen molar-refractivity contribution in [1.29, 1.82) is 10.5 Å². The van der Waals surface area contributed by atoms with Crippen LogP contribution in [-0.2, 0) is 0 Å². The second kappa shape index (κ2) is 13.1. The molecule has 10 heteroatoms. The number of urea groups is 1. The predicted molar refractivity (Wildman–Crippen MR) is 144 cm³/mol. The monoisotopic (exact) mass is 532 g/mol. The first-order chi connectivity index (χ1) is 18.0. The molecule has 0 radical (unpaired) electrons. The number of hydrogen-bond donors (Lipinski definition) is 3. The summed E-state index contributed by atoms with van der Waals surface area (Å²) in [6, 6.07) is 14.6. The summed E-state index contributed by atoms with van der Waals surface area (Å²) in [6.07, 6.45) is 0. The van der Waals surface area contributed by atoms with Crippen LogP contribution in [-0.4, -0.2) is 16.0 Å². The van der Waals surface area contributed by atoms with Crippen LogP contribution in [0, 0.1) is 40.2 Å². The highest BCUT2D eigenvalue weighted by atomic mass is 19.1. The Morgan fingerprint density at radius 2 is 1.44 bits per heavy atom. The average Bonchev–Trinajstić information content (AvgIpc) is 2.89. The Labute approximate surface area is 226 Å². The Hall–Kier alpha value is -4.83. The van der Waals surface area contributed by atoms with Crippen LogP contribution in [0.1, 0.15) is 63.9 Å². The second-order valence-corrected chi connectivity index (χ2v) is 9.13. The molecule has 0 aliphatic carbocycles. The lowest BCUT2D eigenvalue weighted by molar-refractivity contribution is 0.237. The van der Waals surface area contributed by atoms with Crippen molar-refractivity contribution in [1.82, 2.24) is 20.6 Å². The molecular weight excluding hydrogens is 502 g/mol. The van der Waals surface area contributed by atoms with Crippen molar-refractivity contribution in [3.63, 3.8) is 0 Å². The number of nitrogens with zero attached hydrogens (tertiary/aromatic N) is 3.